The number of piperidine rings is 1. The average Bonchev–Trinajstić information content (AvgIpc) is 3.81. The fourth-order valence-corrected chi connectivity index (χ4v) is 8.74. The van der Waals surface area contributed by atoms with Gasteiger partial charge in [-0.25, -0.2) is 0 Å². The molecule has 0 aromatic heterocycles. The first kappa shape index (κ1) is 32.7. The number of fused-ring (bicyclic) bond motifs is 1. The van der Waals surface area contributed by atoms with Gasteiger partial charge in [-0.2, -0.15) is 0 Å². The summed E-state index contributed by atoms with van der Waals surface area (Å²) in [4.78, 5) is 25.1. The van der Waals surface area contributed by atoms with Crippen molar-refractivity contribution in [1.29, 1.82) is 0 Å². The van der Waals surface area contributed by atoms with Gasteiger partial charge in [0, 0.05) is 50.2 Å². The van der Waals surface area contributed by atoms with Crippen LogP contribution in [0, 0.1) is 11.8 Å². The van der Waals surface area contributed by atoms with Crippen molar-refractivity contribution >= 4 is 11.9 Å². The van der Waals surface area contributed by atoms with Crippen molar-refractivity contribution in [1.82, 2.24) is 5.32 Å². The fourth-order valence-electron chi connectivity index (χ4n) is 8.74. The molecule has 1 saturated heterocycles. The van der Waals surface area contributed by atoms with Crippen LogP contribution in [0.2, 0.25) is 0 Å². The van der Waals surface area contributed by atoms with E-state index in [9.17, 15) is 9.59 Å². The zero-order valence-electron chi connectivity index (χ0n) is 27.6. The Kier molecular flexibility index (Phi) is 10.5. The number of methoxy groups -OCH3 is 1. The molecule has 1 heterocycles. The smallest absolute Gasteiger partial charge is 0.308 e. The van der Waals surface area contributed by atoms with Crippen LogP contribution in [0.3, 0.4) is 0 Å². The van der Waals surface area contributed by atoms with Crippen LogP contribution in [0.1, 0.15) is 96.1 Å². The minimum absolute atomic E-state index is 0.0982. The van der Waals surface area contributed by atoms with Crippen LogP contribution in [-0.2, 0) is 26.2 Å². The van der Waals surface area contributed by atoms with Crippen LogP contribution in [0.4, 0.5) is 0 Å². The van der Waals surface area contributed by atoms with Gasteiger partial charge in [0.2, 0.25) is 5.91 Å². The Balaban J connectivity index is 1.33. The van der Waals surface area contributed by atoms with Crippen molar-refractivity contribution < 1.29 is 23.5 Å². The maximum Gasteiger partial charge on any atom is 0.308 e. The third-order valence-corrected chi connectivity index (χ3v) is 10.7. The Morgan fingerprint density at radius 1 is 1.00 bits per heavy atom. The summed E-state index contributed by atoms with van der Waals surface area (Å²) in [6.07, 6.45) is 11.1. The number of rotatable bonds is 14. The Morgan fingerprint density at radius 3 is 2.50 bits per heavy atom. The zero-order valence-corrected chi connectivity index (χ0v) is 27.6. The number of hydrogen-bond donors (Lipinski definition) is 1. The van der Waals surface area contributed by atoms with E-state index < -0.39 is 0 Å². The molecular formula is C38H55N2O4+. The Labute approximate surface area is 265 Å². The van der Waals surface area contributed by atoms with E-state index in [4.69, 9.17) is 9.47 Å². The lowest BCUT2D eigenvalue weighted by atomic mass is 9.54. The van der Waals surface area contributed by atoms with Gasteiger partial charge in [0.15, 0.2) is 0 Å². The predicted octanol–water partition coefficient (Wildman–Crippen LogP) is 6.99. The monoisotopic (exact) mass is 603 g/mol. The first-order chi connectivity index (χ1) is 21.2. The highest BCUT2D eigenvalue weighted by molar-refractivity contribution is 5.76. The number of benzene rings is 2. The number of carbonyl (C=O) groups is 2. The Hall–Kier alpha value is -2.70. The van der Waals surface area contributed by atoms with Gasteiger partial charge < -0.3 is 19.3 Å². The van der Waals surface area contributed by atoms with Crippen LogP contribution in [0.5, 0.6) is 5.75 Å². The third-order valence-electron chi connectivity index (χ3n) is 10.7. The van der Waals surface area contributed by atoms with E-state index in [-0.39, 0.29) is 28.9 Å². The number of nitrogens with zero attached hydrogens (tertiary/aromatic N) is 1. The van der Waals surface area contributed by atoms with Gasteiger partial charge in [-0.15, -0.1) is 0 Å². The van der Waals surface area contributed by atoms with E-state index in [1.54, 1.807) is 0 Å². The highest BCUT2D eigenvalue weighted by Crippen LogP contribution is 2.56. The predicted molar refractivity (Wildman–Crippen MR) is 175 cm³/mol. The van der Waals surface area contributed by atoms with Gasteiger partial charge in [-0.3, -0.25) is 9.59 Å². The molecular weight excluding hydrogens is 548 g/mol. The van der Waals surface area contributed by atoms with E-state index in [1.165, 1.54) is 44.0 Å². The van der Waals surface area contributed by atoms with Crippen LogP contribution in [0.25, 0.3) is 0 Å². The molecule has 44 heavy (non-hydrogen) atoms. The largest absolute Gasteiger partial charge is 0.427 e. The molecule has 2 saturated carbocycles. The van der Waals surface area contributed by atoms with Crippen molar-refractivity contribution in [3.63, 3.8) is 0 Å². The lowest BCUT2D eigenvalue weighted by Crippen LogP contribution is -2.73. The molecule has 6 nitrogen and oxygen atoms in total. The number of carbonyl (C=O) groups excluding carboxylic acids is 2. The second kappa shape index (κ2) is 14.2. The van der Waals surface area contributed by atoms with Crippen molar-refractivity contribution in [2.75, 3.05) is 33.3 Å². The summed E-state index contributed by atoms with van der Waals surface area (Å²) >= 11 is 0. The quantitative estimate of drug-likeness (QED) is 0.109. The first-order valence-electron chi connectivity index (χ1n) is 17.2. The number of nitrogens with one attached hydrogen (secondary N) is 1. The number of likely N-dealkylation sites (tertiary alicyclic amines) is 1. The van der Waals surface area contributed by atoms with Crippen LogP contribution in [0.15, 0.2) is 54.6 Å². The van der Waals surface area contributed by atoms with Gasteiger partial charge in [-0.05, 0) is 74.6 Å². The third kappa shape index (κ3) is 7.74. The maximum absolute atomic E-state index is 13.2. The Morgan fingerprint density at radius 2 is 1.80 bits per heavy atom. The lowest BCUT2D eigenvalue weighted by molar-refractivity contribution is -0.945. The van der Waals surface area contributed by atoms with E-state index in [0.29, 0.717) is 18.1 Å². The molecule has 0 radical (unpaired) electrons. The molecule has 0 bridgehead atoms. The van der Waals surface area contributed by atoms with Gasteiger partial charge in [0.1, 0.15) is 17.9 Å². The summed E-state index contributed by atoms with van der Waals surface area (Å²) in [7, 11) is 1.91. The molecule has 3 fully saturated rings. The molecule has 1 aliphatic heterocycles. The van der Waals surface area contributed by atoms with Crippen molar-refractivity contribution in [3.05, 3.63) is 65.7 Å². The molecule has 2 aliphatic carbocycles. The van der Waals surface area contributed by atoms with Crippen LogP contribution < -0.4 is 10.1 Å². The molecule has 1 amide bonds. The standard InChI is InChI=1S/C38H54N2O4/c1-29(2)26-40(27-32-18-19-32)23-22-37(33-15-11-16-35(24-33)44-30(3)41)25-34(20-21-38(37,28-40)43-4)39-36(42)17-10-6-9-14-31-12-7-5-8-13-31/h5,7-8,11-13,15-16,24,29,32,34H,6,9-10,14,17-23,25-28H2,1-4H3/p+1/t34-,37+,38?,40-/m0/s1. The molecule has 3 aliphatic rings. The topological polar surface area (TPSA) is 64.6 Å². The molecule has 5 rings (SSSR count). The highest BCUT2D eigenvalue weighted by Gasteiger charge is 2.64. The van der Waals surface area contributed by atoms with Gasteiger partial charge in [0.05, 0.1) is 19.6 Å². The highest BCUT2D eigenvalue weighted by atomic mass is 16.5. The molecule has 4 atom stereocenters. The average molecular weight is 604 g/mol. The van der Waals surface area contributed by atoms with E-state index in [1.807, 2.05) is 19.2 Å². The summed E-state index contributed by atoms with van der Waals surface area (Å²) in [6, 6.07) is 18.8. The summed E-state index contributed by atoms with van der Waals surface area (Å²) in [5, 5.41) is 3.45. The minimum atomic E-state index is -0.345. The SMILES string of the molecule is COC12CC[C@H](NC(=O)CCCCCc3ccccc3)C[C@@]1(c1cccc(OC(C)=O)c1)CC[N@+](CC(C)C)(CC1CC1)C2. The number of esters is 1. The molecule has 2 aromatic carbocycles. The molecule has 1 N–H and O–H groups in total. The summed E-state index contributed by atoms with van der Waals surface area (Å²) in [5.74, 6) is 1.90. The van der Waals surface area contributed by atoms with E-state index >= 15 is 0 Å². The molecule has 1 unspecified atom stereocenters. The molecule has 240 valence electrons. The zero-order chi connectivity index (χ0) is 31.2. The van der Waals surface area contributed by atoms with Gasteiger partial charge >= 0.3 is 5.97 Å². The van der Waals surface area contributed by atoms with E-state index in [0.717, 1.165) is 74.9 Å². The number of quaternary nitrogens is 1. The number of ether oxygens (including phenoxy) is 2. The van der Waals surface area contributed by atoms with Crippen LogP contribution >= 0.6 is 0 Å². The second-order valence-electron chi connectivity index (χ2n) is 14.6. The summed E-state index contributed by atoms with van der Waals surface area (Å²) in [6.45, 7) is 10.7. The molecule has 0 spiro atoms. The van der Waals surface area contributed by atoms with Crippen molar-refractivity contribution in [3.8, 4) is 5.75 Å². The van der Waals surface area contributed by atoms with Crippen molar-refractivity contribution in [2.24, 2.45) is 11.8 Å². The minimum Gasteiger partial charge on any atom is -0.427 e. The fraction of sp³-hybridized carbons (Fsp3) is 0.632. The van der Waals surface area contributed by atoms with E-state index in [2.05, 4.69) is 61.6 Å². The maximum atomic E-state index is 13.2. The van der Waals surface area contributed by atoms with Gasteiger partial charge in [-0.1, -0.05) is 62.7 Å². The van der Waals surface area contributed by atoms with Crippen LogP contribution in [-0.4, -0.2) is 61.3 Å². The number of unbranched alkanes of at least 4 members (excludes halogenated alkanes) is 2. The summed E-state index contributed by atoms with van der Waals surface area (Å²) < 4.78 is 13.4. The second-order valence-corrected chi connectivity index (χ2v) is 14.6. The lowest BCUT2D eigenvalue weighted by Gasteiger charge is -2.62. The van der Waals surface area contributed by atoms with Gasteiger partial charge in [0.25, 0.3) is 0 Å². The normalized spacial score (nSPS) is 28.3. The Bertz CT molecular complexity index is 1250. The number of aryl methyl sites for hydroxylation is 1. The number of amides is 1. The first-order valence-corrected chi connectivity index (χ1v) is 17.2. The molecule has 2 aromatic rings. The number of hydrogen-bond acceptors (Lipinski definition) is 4. The summed E-state index contributed by atoms with van der Waals surface area (Å²) in [5.41, 5.74) is 1.92. The molecule has 6 heteroatoms. The van der Waals surface area contributed by atoms with Crippen molar-refractivity contribution in [2.45, 2.75) is 108 Å².